The van der Waals surface area contributed by atoms with Crippen molar-refractivity contribution in [1.29, 1.82) is 5.26 Å². The molecule has 0 atom stereocenters. The second-order valence-corrected chi connectivity index (χ2v) is 5.57. The van der Waals surface area contributed by atoms with Crippen LogP contribution in [0.1, 0.15) is 11.3 Å². The molecule has 2 heterocycles. The number of nitrogens with zero attached hydrogens (tertiary/aromatic N) is 3. The molecule has 0 saturated heterocycles. The number of aryl methyl sites for hydroxylation is 1. The van der Waals surface area contributed by atoms with Crippen molar-refractivity contribution in [1.82, 2.24) is 9.97 Å². The summed E-state index contributed by atoms with van der Waals surface area (Å²) in [6.45, 7) is 1.87. The molecule has 1 N–H and O–H groups in total. The third-order valence-corrected chi connectivity index (χ3v) is 3.46. The number of nitrogens with one attached hydrogen (secondary N) is 1. The van der Waals surface area contributed by atoms with Crippen molar-refractivity contribution in [2.24, 2.45) is 0 Å². The Morgan fingerprint density at radius 1 is 1.24 bits per heavy atom. The van der Waals surface area contributed by atoms with Crippen LogP contribution in [0, 0.1) is 18.3 Å². The summed E-state index contributed by atoms with van der Waals surface area (Å²) in [5.41, 5.74) is 3.11. The highest BCUT2D eigenvalue weighted by atomic mass is 79.9. The molecule has 21 heavy (non-hydrogen) atoms. The van der Waals surface area contributed by atoms with Crippen LogP contribution in [-0.2, 0) is 0 Å². The molecule has 0 radical (unpaired) electrons. The van der Waals surface area contributed by atoms with Crippen molar-refractivity contribution in [3.8, 4) is 6.07 Å². The zero-order chi connectivity index (χ0) is 14.8. The Morgan fingerprint density at radius 2 is 2.10 bits per heavy atom. The van der Waals surface area contributed by atoms with Gasteiger partial charge in [-0.25, -0.2) is 4.98 Å². The Balaban J connectivity index is 2.06. The van der Waals surface area contributed by atoms with E-state index in [1.165, 1.54) is 0 Å². The number of fused-ring (bicyclic) bond motifs is 1. The van der Waals surface area contributed by atoms with E-state index in [2.05, 4.69) is 37.3 Å². The predicted molar refractivity (Wildman–Crippen MR) is 86.4 cm³/mol. The van der Waals surface area contributed by atoms with Crippen molar-refractivity contribution >= 4 is 38.3 Å². The molecule has 5 heteroatoms. The predicted octanol–water partition coefficient (Wildman–Crippen LogP) is 4.32. The number of hydrogen-bond donors (Lipinski definition) is 1. The minimum absolute atomic E-state index is 0.584. The number of benzene rings is 1. The van der Waals surface area contributed by atoms with E-state index in [1.54, 1.807) is 18.3 Å². The second-order valence-electron chi connectivity index (χ2n) is 4.65. The van der Waals surface area contributed by atoms with Gasteiger partial charge in [0, 0.05) is 21.7 Å². The van der Waals surface area contributed by atoms with Gasteiger partial charge in [0.15, 0.2) is 0 Å². The van der Waals surface area contributed by atoms with Gasteiger partial charge in [0.05, 0.1) is 22.8 Å². The summed E-state index contributed by atoms with van der Waals surface area (Å²) >= 11 is 3.42. The fourth-order valence-electron chi connectivity index (χ4n) is 2.17. The third-order valence-electron chi connectivity index (χ3n) is 3.02. The molecule has 0 aliphatic rings. The van der Waals surface area contributed by atoms with Gasteiger partial charge in [-0.1, -0.05) is 12.1 Å². The van der Waals surface area contributed by atoms with Crippen molar-refractivity contribution in [2.75, 3.05) is 5.32 Å². The minimum atomic E-state index is 0.584. The SMILES string of the molecule is Cc1cc(C#N)cc(Nc2cccc3cc(Br)cnc23)n1. The summed E-state index contributed by atoms with van der Waals surface area (Å²) in [5.74, 6) is 0.642. The largest absolute Gasteiger partial charge is 0.338 e. The van der Waals surface area contributed by atoms with Crippen molar-refractivity contribution in [2.45, 2.75) is 6.92 Å². The van der Waals surface area contributed by atoms with Crippen LogP contribution < -0.4 is 5.32 Å². The topological polar surface area (TPSA) is 61.6 Å². The molecule has 0 amide bonds. The maximum atomic E-state index is 9.03. The van der Waals surface area contributed by atoms with Crippen molar-refractivity contribution in [3.05, 3.63) is 58.3 Å². The van der Waals surface area contributed by atoms with Gasteiger partial charge in [0.2, 0.25) is 0 Å². The van der Waals surface area contributed by atoms with Gasteiger partial charge in [0.25, 0.3) is 0 Å². The Kier molecular flexibility index (Phi) is 3.55. The fourth-order valence-corrected chi connectivity index (χ4v) is 2.52. The van der Waals surface area contributed by atoms with Gasteiger partial charge >= 0.3 is 0 Å². The minimum Gasteiger partial charge on any atom is -0.338 e. The van der Waals surface area contributed by atoms with Gasteiger partial charge in [-0.05, 0) is 47.1 Å². The smallest absolute Gasteiger partial charge is 0.131 e. The van der Waals surface area contributed by atoms with E-state index in [1.807, 2.05) is 31.2 Å². The molecule has 4 nitrogen and oxygen atoms in total. The summed E-state index contributed by atoms with van der Waals surface area (Å²) in [5, 5.41) is 13.3. The van der Waals surface area contributed by atoms with E-state index < -0.39 is 0 Å². The van der Waals surface area contributed by atoms with Crippen LogP contribution in [0.4, 0.5) is 11.5 Å². The summed E-state index contributed by atoms with van der Waals surface area (Å²) in [7, 11) is 0. The van der Waals surface area contributed by atoms with Gasteiger partial charge in [-0.3, -0.25) is 4.98 Å². The molecule has 0 saturated carbocycles. The summed E-state index contributed by atoms with van der Waals surface area (Å²) in [6, 6.07) is 13.5. The molecular formula is C16H11BrN4. The third kappa shape index (κ3) is 2.86. The van der Waals surface area contributed by atoms with E-state index in [9.17, 15) is 0 Å². The number of anilines is 2. The molecule has 0 bridgehead atoms. The average Bonchev–Trinajstić information content (AvgIpc) is 2.46. The summed E-state index contributed by atoms with van der Waals surface area (Å²) in [6.07, 6.45) is 1.76. The van der Waals surface area contributed by atoms with Crippen LogP contribution in [0.5, 0.6) is 0 Å². The van der Waals surface area contributed by atoms with E-state index >= 15 is 0 Å². The first-order valence-electron chi connectivity index (χ1n) is 6.36. The number of para-hydroxylation sites is 1. The maximum Gasteiger partial charge on any atom is 0.131 e. The van der Waals surface area contributed by atoms with Gasteiger partial charge in [-0.15, -0.1) is 0 Å². The first kappa shape index (κ1) is 13.5. The molecule has 3 aromatic rings. The molecule has 0 unspecified atom stereocenters. The van der Waals surface area contributed by atoms with E-state index in [4.69, 9.17) is 5.26 Å². The first-order chi connectivity index (χ1) is 10.2. The normalized spacial score (nSPS) is 10.3. The van der Waals surface area contributed by atoms with Crippen molar-refractivity contribution in [3.63, 3.8) is 0 Å². The number of nitriles is 1. The highest BCUT2D eigenvalue weighted by Crippen LogP contribution is 2.26. The summed E-state index contributed by atoms with van der Waals surface area (Å²) < 4.78 is 0.938. The monoisotopic (exact) mass is 338 g/mol. The number of hydrogen-bond acceptors (Lipinski definition) is 4. The number of pyridine rings is 2. The van der Waals surface area contributed by atoms with Crippen molar-refractivity contribution < 1.29 is 0 Å². The maximum absolute atomic E-state index is 9.03. The molecule has 1 aromatic carbocycles. The standard InChI is InChI=1S/C16H11BrN4/c1-10-5-11(8-18)6-15(20-10)21-14-4-2-3-12-7-13(17)9-19-16(12)14/h2-7,9H,1H3,(H,20,21). The van der Waals surface area contributed by atoms with Crippen LogP contribution in [-0.4, -0.2) is 9.97 Å². The molecule has 0 aliphatic heterocycles. The van der Waals surface area contributed by atoms with Gasteiger partial charge < -0.3 is 5.32 Å². The summed E-state index contributed by atoms with van der Waals surface area (Å²) in [4.78, 5) is 8.84. The Bertz CT molecular complexity index is 868. The van der Waals surface area contributed by atoms with Crippen LogP contribution >= 0.6 is 15.9 Å². The molecule has 0 spiro atoms. The molecule has 0 aliphatic carbocycles. The Morgan fingerprint density at radius 3 is 2.90 bits per heavy atom. The zero-order valence-corrected chi connectivity index (χ0v) is 12.8. The lowest BCUT2D eigenvalue weighted by molar-refractivity contribution is 1.19. The van der Waals surface area contributed by atoms with Gasteiger partial charge in [0.1, 0.15) is 5.82 Å². The fraction of sp³-hybridized carbons (Fsp3) is 0.0625. The second kappa shape index (κ2) is 5.51. The zero-order valence-electron chi connectivity index (χ0n) is 11.3. The molecular weight excluding hydrogens is 328 g/mol. The van der Waals surface area contributed by atoms with E-state index in [0.29, 0.717) is 11.4 Å². The highest BCUT2D eigenvalue weighted by Gasteiger charge is 2.05. The Labute approximate surface area is 130 Å². The lowest BCUT2D eigenvalue weighted by Gasteiger charge is -2.09. The van der Waals surface area contributed by atoms with Crippen LogP contribution in [0.15, 0.2) is 47.1 Å². The number of aromatic nitrogens is 2. The molecule has 0 fully saturated rings. The van der Waals surface area contributed by atoms with Crippen LogP contribution in [0.25, 0.3) is 10.9 Å². The lowest BCUT2D eigenvalue weighted by atomic mass is 10.2. The van der Waals surface area contributed by atoms with E-state index in [0.717, 1.165) is 26.8 Å². The van der Waals surface area contributed by atoms with Crippen LogP contribution in [0.3, 0.4) is 0 Å². The molecule has 102 valence electrons. The number of rotatable bonds is 2. The van der Waals surface area contributed by atoms with Gasteiger partial charge in [-0.2, -0.15) is 5.26 Å². The molecule has 2 aromatic heterocycles. The van der Waals surface area contributed by atoms with Crippen LogP contribution in [0.2, 0.25) is 0 Å². The highest BCUT2D eigenvalue weighted by molar-refractivity contribution is 9.10. The number of halogens is 1. The average molecular weight is 339 g/mol. The lowest BCUT2D eigenvalue weighted by Crippen LogP contribution is -1.97. The molecule has 3 rings (SSSR count). The Hall–Kier alpha value is -2.45. The van der Waals surface area contributed by atoms with E-state index in [-0.39, 0.29) is 0 Å². The quantitative estimate of drug-likeness (QED) is 0.755. The first-order valence-corrected chi connectivity index (χ1v) is 7.15.